The SMILES string of the molecule is COCCN1C[C@]23C=C[C@H](O2)[C@H](C(=O)N2CCS(=O)(=O)CC2)[C@H]3C1=O. The molecule has 4 aliphatic rings. The van der Waals surface area contributed by atoms with Gasteiger partial charge in [0.2, 0.25) is 11.8 Å². The van der Waals surface area contributed by atoms with Crippen molar-refractivity contribution in [1.29, 1.82) is 0 Å². The number of carbonyl (C=O) groups is 2. The molecular formula is C16H22N2O6S. The number of rotatable bonds is 4. The van der Waals surface area contributed by atoms with Crippen LogP contribution in [0.3, 0.4) is 0 Å². The smallest absolute Gasteiger partial charge is 0.230 e. The predicted octanol–water partition coefficient (Wildman–Crippen LogP) is -1.33. The molecule has 4 atom stereocenters. The summed E-state index contributed by atoms with van der Waals surface area (Å²) in [6.45, 7) is 1.72. The number of sulfone groups is 1. The van der Waals surface area contributed by atoms with Gasteiger partial charge >= 0.3 is 0 Å². The van der Waals surface area contributed by atoms with Gasteiger partial charge in [-0.3, -0.25) is 9.59 Å². The number of ether oxygens (including phenoxy) is 2. The second-order valence-corrected chi connectivity index (χ2v) is 9.43. The van der Waals surface area contributed by atoms with E-state index in [4.69, 9.17) is 9.47 Å². The van der Waals surface area contributed by atoms with E-state index in [0.29, 0.717) is 19.7 Å². The summed E-state index contributed by atoms with van der Waals surface area (Å²) in [5, 5.41) is 0. The average molecular weight is 370 g/mol. The van der Waals surface area contributed by atoms with Crippen LogP contribution in [0.1, 0.15) is 0 Å². The second-order valence-electron chi connectivity index (χ2n) is 7.13. The molecule has 138 valence electrons. The second kappa shape index (κ2) is 5.78. The Morgan fingerprint density at radius 3 is 2.80 bits per heavy atom. The summed E-state index contributed by atoms with van der Waals surface area (Å²) in [5.74, 6) is -1.37. The molecule has 0 N–H and O–H groups in total. The molecule has 4 rings (SSSR count). The molecule has 0 radical (unpaired) electrons. The minimum absolute atomic E-state index is 0.0173. The Kier molecular flexibility index (Phi) is 3.93. The van der Waals surface area contributed by atoms with Crippen molar-refractivity contribution in [3.05, 3.63) is 12.2 Å². The summed E-state index contributed by atoms with van der Waals surface area (Å²) in [4.78, 5) is 29.2. The van der Waals surface area contributed by atoms with Crippen LogP contribution in [0.4, 0.5) is 0 Å². The molecule has 25 heavy (non-hydrogen) atoms. The Labute approximate surface area is 146 Å². The first-order valence-electron chi connectivity index (χ1n) is 8.51. The Morgan fingerprint density at radius 1 is 1.40 bits per heavy atom. The van der Waals surface area contributed by atoms with E-state index in [1.54, 1.807) is 16.9 Å². The first-order chi connectivity index (χ1) is 11.9. The van der Waals surface area contributed by atoms with Crippen LogP contribution in [0.25, 0.3) is 0 Å². The number of amides is 2. The zero-order chi connectivity index (χ0) is 17.8. The lowest BCUT2D eigenvalue weighted by molar-refractivity contribution is -0.143. The van der Waals surface area contributed by atoms with Gasteiger partial charge in [-0.05, 0) is 0 Å². The summed E-state index contributed by atoms with van der Waals surface area (Å²) < 4.78 is 34.3. The van der Waals surface area contributed by atoms with Gasteiger partial charge in [0.25, 0.3) is 0 Å². The highest BCUT2D eigenvalue weighted by atomic mass is 32.2. The van der Waals surface area contributed by atoms with Crippen molar-refractivity contribution in [2.24, 2.45) is 11.8 Å². The van der Waals surface area contributed by atoms with Crippen molar-refractivity contribution in [3.8, 4) is 0 Å². The average Bonchev–Trinajstić information content (AvgIpc) is 3.21. The fraction of sp³-hybridized carbons (Fsp3) is 0.750. The van der Waals surface area contributed by atoms with Gasteiger partial charge in [-0.25, -0.2) is 8.42 Å². The monoisotopic (exact) mass is 370 g/mol. The van der Waals surface area contributed by atoms with Crippen LogP contribution in [-0.2, 0) is 28.9 Å². The maximum atomic E-state index is 13.0. The van der Waals surface area contributed by atoms with E-state index in [2.05, 4.69) is 0 Å². The zero-order valence-corrected chi connectivity index (χ0v) is 14.9. The van der Waals surface area contributed by atoms with Crippen LogP contribution >= 0.6 is 0 Å². The van der Waals surface area contributed by atoms with E-state index < -0.39 is 33.4 Å². The maximum Gasteiger partial charge on any atom is 0.230 e. The third-order valence-electron chi connectivity index (χ3n) is 5.69. The van der Waals surface area contributed by atoms with Gasteiger partial charge in [0.15, 0.2) is 9.84 Å². The van der Waals surface area contributed by atoms with Gasteiger partial charge in [0.1, 0.15) is 5.60 Å². The number of hydrogen-bond acceptors (Lipinski definition) is 6. The van der Waals surface area contributed by atoms with Crippen molar-refractivity contribution < 1.29 is 27.5 Å². The minimum atomic E-state index is -3.06. The molecule has 0 saturated carbocycles. The first-order valence-corrected chi connectivity index (χ1v) is 10.3. The third kappa shape index (κ3) is 2.60. The summed E-state index contributed by atoms with van der Waals surface area (Å²) in [7, 11) is -1.48. The summed E-state index contributed by atoms with van der Waals surface area (Å²) in [5.41, 5.74) is -0.725. The summed E-state index contributed by atoms with van der Waals surface area (Å²) in [6, 6.07) is 0. The molecular weight excluding hydrogens is 348 g/mol. The van der Waals surface area contributed by atoms with E-state index >= 15 is 0 Å². The van der Waals surface area contributed by atoms with Crippen LogP contribution in [0.5, 0.6) is 0 Å². The highest BCUT2D eigenvalue weighted by Gasteiger charge is 2.67. The van der Waals surface area contributed by atoms with Gasteiger partial charge in [-0.15, -0.1) is 0 Å². The topological polar surface area (TPSA) is 93.2 Å². The molecule has 4 heterocycles. The van der Waals surface area contributed by atoms with Crippen molar-refractivity contribution in [2.45, 2.75) is 11.7 Å². The number of fused-ring (bicyclic) bond motifs is 1. The Morgan fingerprint density at radius 2 is 2.12 bits per heavy atom. The number of nitrogens with zero attached hydrogens (tertiary/aromatic N) is 2. The van der Waals surface area contributed by atoms with E-state index in [-0.39, 0.29) is 36.4 Å². The molecule has 8 nitrogen and oxygen atoms in total. The molecule has 0 aromatic heterocycles. The van der Waals surface area contributed by atoms with Gasteiger partial charge in [-0.1, -0.05) is 12.2 Å². The van der Waals surface area contributed by atoms with Crippen LogP contribution in [0.15, 0.2) is 12.2 Å². The van der Waals surface area contributed by atoms with Crippen LogP contribution < -0.4 is 0 Å². The van der Waals surface area contributed by atoms with Crippen molar-refractivity contribution >= 4 is 21.7 Å². The molecule has 1 spiro atoms. The molecule has 3 fully saturated rings. The van der Waals surface area contributed by atoms with Crippen LogP contribution in [0, 0.1) is 11.8 Å². The number of likely N-dealkylation sites (tertiary alicyclic amines) is 1. The van der Waals surface area contributed by atoms with Gasteiger partial charge in [0, 0.05) is 26.7 Å². The van der Waals surface area contributed by atoms with E-state index in [1.807, 2.05) is 12.2 Å². The normalized spacial score (nSPS) is 38.4. The molecule has 0 aromatic rings. The van der Waals surface area contributed by atoms with Crippen molar-refractivity contribution in [2.75, 3.05) is 51.4 Å². The summed E-state index contributed by atoms with van der Waals surface area (Å²) in [6.07, 6.45) is 3.38. The van der Waals surface area contributed by atoms with E-state index in [0.717, 1.165) is 0 Å². The predicted molar refractivity (Wildman–Crippen MR) is 87.4 cm³/mol. The first kappa shape index (κ1) is 17.0. The molecule has 4 aliphatic heterocycles. The fourth-order valence-corrected chi connectivity index (χ4v) is 5.60. The fourth-order valence-electron chi connectivity index (χ4n) is 4.39. The lowest BCUT2D eigenvalue weighted by Gasteiger charge is -2.32. The van der Waals surface area contributed by atoms with Crippen molar-refractivity contribution in [3.63, 3.8) is 0 Å². The Bertz CT molecular complexity index is 721. The van der Waals surface area contributed by atoms with E-state index in [1.165, 1.54) is 0 Å². The highest BCUT2D eigenvalue weighted by molar-refractivity contribution is 7.91. The lowest BCUT2D eigenvalue weighted by Crippen LogP contribution is -2.50. The molecule has 2 bridgehead atoms. The third-order valence-corrected chi connectivity index (χ3v) is 7.29. The molecule has 0 aliphatic carbocycles. The van der Waals surface area contributed by atoms with Crippen molar-refractivity contribution in [1.82, 2.24) is 9.80 Å². The van der Waals surface area contributed by atoms with E-state index in [9.17, 15) is 18.0 Å². The summed E-state index contributed by atoms with van der Waals surface area (Å²) >= 11 is 0. The standard InChI is InChI=1S/C16H22N2O6S/c1-23-7-4-18-10-16-3-2-11(24-16)12(13(16)15(18)20)14(19)17-5-8-25(21,22)9-6-17/h2-3,11-13H,4-10H2,1H3/t11-,12-,13-,16-/m0/s1. The molecule has 0 unspecified atom stereocenters. The maximum absolute atomic E-state index is 13.0. The lowest BCUT2D eigenvalue weighted by atomic mass is 9.76. The molecule has 0 aromatic carbocycles. The quantitative estimate of drug-likeness (QED) is 0.570. The largest absolute Gasteiger partial charge is 0.383 e. The molecule has 9 heteroatoms. The number of methoxy groups -OCH3 is 1. The minimum Gasteiger partial charge on any atom is -0.383 e. The number of carbonyl (C=O) groups excluding carboxylic acids is 2. The number of hydrogen-bond donors (Lipinski definition) is 0. The van der Waals surface area contributed by atoms with Gasteiger partial charge in [-0.2, -0.15) is 0 Å². The van der Waals surface area contributed by atoms with Crippen LogP contribution in [-0.4, -0.2) is 93.1 Å². The Hall–Kier alpha value is -1.45. The molecule has 2 amide bonds. The zero-order valence-electron chi connectivity index (χ0n) is 14.1. The Balaban J connectivity index is 1.54. The van der Waals surface area contributed by atoms with Crippen LogP contribution in [0.2, 0.25) is 0 Å². The van der Waals surface area contributed by atoms with Gasteiger partial charge in [0.05, 0.1) is 42.6 Å². The van der Waals surface area contributed by atoms with Gasteiger partial charge < -0.3 is 19.3 Å². The molecule has 3 saturated heterocycles. The highest BCUT2D eigenvalue weighted by Crippen LogP contribution is 2.52.